The summed E-state index contributed by atoms with van der Waals surface area (Å²) in [6, 6.07) is 7.69. The van der Waals surface area contributed by atoms with E-state index in [4.69, 9.17) is 4.74 Å². The molecule has 1 aromatic carbocycles. The van der Waals surface area contributed by atoms with Crippen molar-refractivity contribution in [1.29, 1.82) is 0 Å². The number of hydrogen-bond acceptors (Lipinski definition) is 3. The van der Waals surface area contributed by atoms with Gasteiger partial charge in [0.05, 0.1) is 5.69 Å². The molecule has 29 heavy (non-hydrogen) atoms. The predicted octanol–water partition coefficient (Wildman–Crippen LogP) is 5.18. The van der Waals surface area contributed by atoms with Crippen LogP contribution in [0.25, 0.3) is 0 Å². The third-order valence-corrected chi connectivity index (χ3v) is 7.27. The van der Waals surface area contributed by atoms with E-state index in [1.807, 2.05) is 11.0 Å². The molecule has 0 aliphatic carbocycles. The lowest BCUT2D eigenvalue weighted by Crippen LogP contribution is -2.48. The summed E-state index contributed by atoms with van der Waals surface area (Å²) in [5.74, 6) is 2.34. The Morgan fingerprint density at radius 3 is 2.62 bits per heavy atom. The molecule has 4 heteroatoms. The van der Waals surface area contributed by atoms with E-state index in [1.165, 1.54) is 56.9 Å². The number of fused-ring (bicyclic) bond motifs is 3. The smallest absolute Gasteiger partial charge is 0.265 e. The van der Waals surface area contributed by atoms with Crippen LogP contribution in [0, 0.1) is 18.8 Å². The maximum absolute atomic E-state index is 12.6. The lowest BCUT2D eigenvalue weighted by Gasteiger charge is -2.41. The van der Waals surface area contributed by atoms with Crippen LogP contribution in [0.5, 0.6) is 5.75 Å². The number of nitrogens with zero attached hydrogens (tertiary/aromatic N) is 2. The highest BCUT2D eigenvalue weighted by molar-refractivity contribution is 5.97. The predicted molar refractivity (Wildman–Crippen MR) is 119 cm³/mol. The Hall–Kier alpha value is -1.55. The van der Waals surface area contributed by atoms with Crippen LogP contribution in [-0.2, 0) is 4.79 Å². The first-order chi connectivity index (χ1) is 14.0. The van der Waals surface area contributed by atoms with E-state index < -0.39 is 0 Å². The second-order valence-electron chi connectivity index (χ2n) is 9.78. The Bertz CT molecular complexity index is 705. The Morgan fingerprint density at radius 2 is 1.90 bits per heavy atom. The highest BCUT2D eigenvalue weighted by atomic mass is 16.5. The number of ether oxygens (including phenoxy) is 1. The number of piperidine rings is 1. The number of amides is 1. The van der Waals surface area contributed by atoms with Crippen LogP contribution in [0.1, 0.15) is 70.8 Å². The quantitative estimate of drug-likeness (QED) is 0.566. The Kier molecular flexibility index (Phi) is 6.48. The molecule has 0 saturated carbocycles. The van der Waals surface area contributed by atoms with E-state index in [2.05, 4.69) is 37.8 Å². The van der Waals surface area contributed by atoms with Crippen molar-refractivity contribution in [2.45, 2.75) is 84.2 Å². The minimum Gasteiger partial charge on any atom is -0.482 e. The Labute approximate surface area is 176 Å². The molecule has 3 aliphatic rings. The van der Waals surface area contributed by atoms with Crippen molar-refractivity contribution in [3.05, 3.63) is 23.8 Å². The molecule has 0 N–H and O–H groups in total. The average molecular weight is 399 g/mol. The molecule has 3 aliphatic heterocycles. The molecule has 3 heterocycles. The lowest BCUT2D eigenvalue weighted by molar-refractivity contribution is -0.121. The van der Waals surface area contributed by atoms with Crippen LogP contribution in [0.4, 0.5) is 5.69 Å². The molecule has 3 unspecified atom stereocenters. The normalized spacial score (nSPS) is 27.6. The van der Waals surface area contributed by atoms with Crippen molar-refractivity contribution >= 4 is 11.6 Å². The molecule has 4 nitrogen and oxygen atoms in total. The van der Waals surface area contributed by atoms with Gasteiger partial charge in [0.1, 0.15) is 5.75 Å². The molecule has 0 spiro atoms. The second-order valence-corrected chi connectivity index (χ2v) is 9.78. The number of carbonyl (C=O) groups excluding carboxylic acids is 1. The molecule has 2 bridgehead atoms. The molecule has 3 atom stereocenters. The van der Waals surface area contributed by atoms with E-state index in [1.54, 1.807) is 0 Å². The Morgan fingerprint density at radius 1 is 1.14 bits per heavy atom. The second kappa shape index (κ2) is 9.07. The molecule has 4 rings (SSSR count). The van der Waals surface area contributed by atoms with E-state index in [-0.39, 0.29) is 12.5 Å². The molecule has 160 valence electrons. The Balaban J connectivity index is 1.36. The zero-order valence-corrected chi connectivity index (χ0v) is 18.5. The van der Waals surface area contributed by atoms with Crippen molar-refractivity contribution in [2.75, 3.05) is 24.6 Å². The first-order valence-corrected chi connectivity index (χ1v) is 11.8. The maximum Gasteiger partial charge on any atom is 0.265 e. The summed E-state index contributed by atoms with van der Waals surface area (Å²) < 4.78 is 5.65. The number of carbonyl (C=O) groups is 1. The van der Waals surface area contributed by atoms with Gasteiger partial charge in [-0.2, -0.15) is 0 Å². The van der Waals surface area contributed by atoms with Crippen molar-refractivity contribution in [3.63, 3.8) is 0 Å². The van der Waals surface area contributed by atoms with Gasteiger partial charge in [-0.3, -0.25) is 9.69 Å². The summed E-state index contributed by atoms with van der Waals surface area (Å²) in [6.45, 7) is 8.75. The number of anilines is 1. The van der Waals surface area contributed by atoms with E-state index in [0.29, 0.717) is 5.92 Å². The number of benzene rings is 1. The third-order valence-electron chi connectivity index (χ3n) is 7.27. The molecule has 0 radical (unpaired) electrons. The van der Waals surface area contributed by atoms with E-state index in [9.17, 15) is 4.79 Å². The first kappa shape index (κ1) is 20.7. The number of rotatable bonds is 8. The zero-order valence-electron chi connectivity index (χ0n) is 18.5. The number of unbranched alkanes of at least 4 members (excludes halogenated alkanes) is 2. The van der Waals surface area contributed by atoms with Gasteiger partial charge in [-0.1, -0.05) is 45.6 Å². The van der Waals surface area contributed by atoms with Crippen LogP contribution >= 0.6 is 0 Å². The molecule has 2 fully saturated rings. The van der Waals surface area contributed by atoms with Gasteiger partial charge in [-0.25, -0.2) is 0 Å². The summed E-state index contributed by atoms with van der Waals surface area (Å²) in [7, 11) is 0. The molecule has 1 amide bonds. The molecular formula is C25H38N2O2. The highest BCUT2D eigenvalue weighted by Gasteiger charge is 2.41. The minimum absolute atomic E-state index is 0.0903. The van der Waals surface area contributed by atoms with Crippen LogP contribution < -0.4 is 9.64 Å². The maximum atomic E-state index is 12.6. The molecule has 1 aromatic rings. The van der Waals surface area contributed by atoms with Gasteiger partial charge in [0.15, 0.2) is 6.61 Å². The lowest BCUT2D eigenvalue weighted by atomic mass is 9.86. The molecular weight excluding hydrogens is 360 g/mol. The standard InChI is InChI=1S/C25H38N2O2/c1-4-5-6-7-20-13-21-9-10-22(14-20)26(21)15-19(3)16-27-23-12-18(2)8-11-24(23)29-17-25(27)28/h8,11-12,19-22H,4-7,9-10,13-17H2,1-3H3. The van der Waals surface area contributed by atoms with Crippen LogP contribution in [-0.4, -0.2) is 42.6 Å². The molecule has 2 saturated heterocycles. The number of hydrogen-bond donors (Lipinski definition) is 0. The van der Waals surface area contributed by atoms with Gasteiger partial charge in [0.2, 0.25) is 0 Å². The topological polar surface area (TPSA) is 32.8 Å². The van der Waals surface area contributed by atoms with Gasteiger partial charge in [0, 0.05) is 25.2 Å². The van der Waals surface area contributed by atoms with Gasteiger partial charge in [-0.05, 0) is 62.1 Å². The highest BCUT2D eigenvalue weighted by Crippen LogP contribution is 2.41. The zero-order chi connectivity index (χ0) is 20.4. The summed E-state index contributed by atoms with van der Waals surface area (Å²) >= 11 is 0. The largest absolute Gasteiger partial charge is 0.482 e. The fourth-order valence-electron chi connectivity index (χ4n) is 5.85. The van der Waals surface area contributed by atoms with Crippen LogP contribution in [0.15, 0.2) is 18.2 Å². The molecule has 0 aromatic heterocycles. The summed E-state index contributed by atoms with van der Waals surface area (Å²) in [5.41, 5.74) is 2.12. The third kappa shape index (κ3) is 4.63. The van der Waals surface area contributed by atoms with E-state index >= 15 is 0 Å². The first-order valence-electron chi connectivity index (χ1n) is 11.8. The van der Waals surface area contributed by atoms with Crippen LogP contribution in [0.3, 0.4) is 0 Å². The summed E-state index contributed by atoms with van der Waals surface area (Å²) in [5, 5.41) is 0. The number of aryl methyl sites for hydroxylation is 1. The fourth-order valence-corrected chi connectivity index (χ4v) is 5.85. The monoisotopic (exact) mass is 398 g/mol. The van der Waals surface area contributed by atoms with Crippen molar-refractivity contribution in [1.82, 2.24) is 4.90 Å². The van der Waals surface area contributed by atoms with Gasteiger partial charge in [-0.15, -0.1) is 0 Å². The summed E-state index contributed by atoms with van der Waals surface area (Å²) in [4.78, 5) is 17.4. The van der Waals surface area contributed by atoms with Gasteiger partial charge in [0.25, 0.3) is 5.91 Å². The fraction of sp³-hybridized carbons (Fsp3) is 0.720. The minimum atomic E-state index is 0.0903. The van der Waals surface area contributed by atoms with E-state index in [0.717, 1.165) is 42.5 Å². The average Bonchev–Trinajstić information content (AvgIpc) is 2.92. The van der Waals surface area contributed by atoms with Gasteiger partial charge < -0.3 is 9.64 Å². The van der Waals surface area contributed by atoms with Crippen molar-refractivity contribution in [2.24, 2.45) is 11.8 Å². The van der Waals surface area contributed by atoms with Crippen molar-refractivity contribution < 1.29 is 9.53 Å². The van der Waals surface area contributed by atoms with Crippen molar-refractivity contribution in [3.8, 4) is 5.75 Å². The van der Waals surface area contributed by atoms with Crippen LogP contribution in [0.2, 0.25) is 0 Å². The SMILES string of the molecule is CCCCCC1CC2CCC(C1)N2CC(C)CN1C(=O)COc2ccc(C)cc21. The van der Waals surface area contributed by atoms with Gasteiger partial charge >= 0.3 is 0 Å². The summed E-state index contributed by atoms with van der Waals surface area (Å²) in [6.07, 6.45) is 11.1.